The predicted octanol–water partition coefficient (Wildman–Crippen LogP) is 1.79. The molecule has 0 unspecified atom stereocenters. The summed E-state index contributed by atoms with van der Waals surface area (Å²) in [6, 6.07) is 2.21. The third kappa shape index (κ3) is 3.12. The smallest absolute Gasteiger partial charge is 0.211 e. The van der Waals surface area contributed by atoms with Gasteiger partial charge in [0.15, 0.2) is 0 Å². The first-order valence-corrected chi connectivity index (χ1v) is 10.0. The highest BCUT2D eigenvalue weighted by atomic mass is 32.2. The van der Waals surface area contributed by atoms with Crippen molar-refractivity contribution in [3.8, 4) is 11.1 Å². The number of hydrogen-bond donors (Lipinski definition) is 3. The Hall–Kier alpha value is -2.39. The number of nitrogens with one attached hydrogen (secondary N) is 3. The Morgan fingerprint density at radius 3 is 2.76 bits per heavy atom. The fourth-order valence-electron chi connectivity index (χ4n) is 3.32. The average molecular weight is 360 g/mol. The topological polar surface area (TPSA) is 107 Å². The van der Waals surface area contributed by atoms with Gasteiger partial charge in [-0.3, -0.25) is 5.10 Å². The van der Waals surface area contributed by atoms with Gasteiger partial charge in [-0.25, -0.2) is 17.7 Å². The predicted molar refractivity (Wildman–Crippen MR) is 96.7 cm³/mol. The molecule has 0 aromatic carbocycles. The molecule has 0 saturated carbocycles. The summed E-state index contributed by atoms with van der Waals surface area (Å²) in [6.07, 6.45) is 10.1. The molecule has 9 heteroatoms. The summed E-state index contributed by atoms with van der Waals surface area (Å²) in [4.78, 5) is 7.61. The summed E-state index contributed by atoms with van der Waals surface area (Å²) in [5.74, 6) is 0. The van der Waals surface area contributed by atoms with E-state index >= 15 is 0 Å². The molecule has 1 aliphatic rings. The van der Waals surface area contributed by atoms with Crippen LogP contribution in [0.1, 0.15) is 12.8 Å². The van der Waals surface area contributed by atoms with Crippen LogP contribution in [0, 0.1) is 0 Å². The molecular formula is C16H20N6O2S. The maximum Gasteiger partial charge on any atom is 0.211 e. The number of pyridine rings is 1. The Morgan fingerprint density at radius 1 is 1.28 bits per heavy atom. The van der Waals surface area contributed by atoms with Crippen molar-refractivity contribution in [2.75, 3.05) is 24.7 Å². The van der Waals surface area contributed by atoms with Crippen LogP contribution in [0.5, 0.6) is 0 Å². The second-order valence-corrected chi connectivity index (χ2v) is 8.34. The lowest BCUT2D eigenvalue weighted by molar-refractivity contribution is 0.332. The Morgan fingerprint density at radius 2 is 2.08 bits per heavy atom. The normalized spacial score (nSPS) is 17.2. The Balaban J connectivity index is 1.63. The number of aromatic amines is 2. The van der Waals surface area contributed by atoms with Crippen molar-refractivity contribution in [2.45, 2.75) is 18.9 Å². The fourth-order valence-corrected chi connectivity index (χ4v) is 4.19. The number of rotatable bonds is 4. The van der Waals surface area contributed by atoms with Crippen molar-refractivity contribution in [2.24, 2.45) is 0 Å². The minimum atomic E-state index is -3.11. The molecule has 25 heavy (non-hydrogen) atoms. The quantitative estimate of drug-likeness (QED) is 0.657. The second-order valence-electron chi connectivity index (χ2n) is 6.35. The average Bonchev–Trinajstić information content (AvgIpc) is 3.26. The van der Waals surface area contributed by atoms with E-state index in [0.717, 1.165) is 40.7 Å². The number of sulfonamides is 1. The van der Waals surface area contributed by atoms with Crippen LogP contribution in [-0.2, 0) is 10.0 Å². The third-order valence-electron chi connectivity index (χ3n) is 4.67. The van der Waals surface area contributed by atoms with Gasteiger partial charge < -0.3 is 10.3 Å². The lowest BCUT2D eigenvalue weighted by Crippen LogP contribution is -2.41. The van der Waals surface area contributed by atoms with Crippen LogP contribution in [-0.4, -0.2) is 58.3 Å². The molecule has 0 aliphatic carbocycles. The van der Waals surface area contributed by atoms with Crippen molar-refractivity contribution < 1.29 is 8.42 Å². The van der Waals surface area contributed by atoms with Gasteiger partial charge in [-0.05, 0) is 18.9 Å². The molecule has 0 radical (unpaired) electrons. The summed E-state index contributed by atoms with van der Waals surface area (Å²) in [6.45, 7) is 1.08. The Bertz CT molecular complexity index is 971. The van der Waals surface area contributed by atoms with Crippen molar-refractivity contribution in [1.82, 2.24) is 24.5 Å². The molecule has 4 rings (SSSR count). The minimum absolute atomic E-state index is 0.212. The summed E-state index contributed by atoms with van der Waals surface area (Å²) in [7, 11) is -3.11. The number of anilines is 1. The van der Waals surface area contributed by atoms with Crippen molar-refractivity contribution >= 4 is 26.7 Å². The highest BCUT2D eigenvalue weighted by Gasteiger charge is 2.26. The number of nitrogens with zero attached hydrogens (tertiary/aromatic N) is 3. The van der Waals surface area contributed by atoms with E-state index < -0.39 is 10.0 Å². The second kappa shape index (κ2) is 6.16. The van der Waals surface area contributed by atoms with Crippen LogP contribution in [0.15, 0.2) is 30.9 Å². The Labute approximate surface area is 145 Å². The molecule has 1 aliphatic heterocycles. The summed E-state index contributed by atoms with van der Waals surface area (Å²) in [5, 5.41) is 11.5. The van der Waals surface area contributed by atoms with E-state index in [1.165, 1.54) is 6.26 Å². The summed E-state index contributed by atoms with van der Waals surface area (Å²) < 4.78 is 24.9. The van der Waals surface area contributed by atoms with Crippen LogP contribution in [0.4, 0.5) is 5.69 Å². The highest BCUT2D eigenvalue weighted by molar-refractivity contribution is 7.88. The molecule has 0 spiro atoms. The fraction of sp³-hybridized carbons (Fsp3) is 0.375. The minimum Gasteiger partial charge on any atom is -0.381 e. The zero-order valence-electron chi connectivity index (χ0n) is 13.9. The van der Waals surface area contributed by atoms with Crippen LogP contribution >= 0.6 is 0 Å². The molecule has 3 aromatic rings. The zero-order valence-corrected chi connectivity index (χ0v) is 14.7. The molecule has 0 amide bonds. The standard InChI is InChI=1S/C16H20N6O2S/c1-25(23,24)22-6-3-12(4-7-22)21-15-13-2-5-17-16(13)18-10-14(15)11-8-19-20-9-11/h2,5,8-10,12H,3-4,6-7H2,1H3,(H,19,20)(H2,17,18,21). The largest absolute Gasteiger partial charge is 0.381 e. The molecule has 3 N–H and O–H groups in total. The lowest BCUT2D eigenvalue weighted by atomic mass is 10.0. The first kappa shape index (κ1) is 16.1. The van der Waals surface area contributed by atoms with E-state index in [2.05, 4.69) is 25.5 Å². The van der Waals surface area contributed by atoms with Gasteiger partial charge in [0.05, 0.1) is 18.1 Å². The molecule has 0 atom stereocenters. The van der Waals surface area contributed by atoms with Crippen LogP contribution in [0.3, 0.4) is 0 Å². The SMILES string of the molecule is CS(=O)(=O)N1CCC(Nc2c(-c3cn[nH]c3)cnc3[nH]ccc23)CC1. The number of piperidine rings is 1. The van der Waals surface area contributed by atoms with Gasteiger partial charge in [0.1, 0.15) is 5.65 Å². The van der Waals surface area contributed by atoms with Crippen LogP contribution in [0.2, 0.25) is 0 Å². The lowest BCUT2D eigenvalue weighted by Gasteiger charge is -2.31. The summed E-state index contributed by atoms with van der Waals surface area (Å²) in [5.41, 5.74) is 3.77. The van der Waals surface area contributed by atoms with E-state index in [1.807, 2.05) is 24.7 Å². The molecule has 8 nitrogen and oxygen atoms in total. The Kier molecular flexibility index (Phi) is 3.97. The maximum absolute atomic E-state index is 11.7. The van der Waals surface area contributed by atoms with E-state index in [-0.39, 0.29) is 6.04 Å². The molecule has 132 valence electrons. The van der Waals surface area contributed by atoms with E-state index in [9.17, 15) is 8.42 Å². The summed E-state index contributed by atoms with van der Waals surface area (Å²) >= 11 is 0. The zero-order chi connectivity index (χ0) is 17.4. The first-order valence-electron chi connectivity index (χ1n) is 8.19. The van der Waals surface area contributed by atoms with Gasteiger partial charge in [-0.15, -0.1) is 0 Å². The third-order valence-corrected chi connectivity index (χ3v) is 5.97. The molecule has 0 bridgehead atoms. The van der Waals surface area contributed by atoms with Gasteiger partial charge in [-0.2, -0.15) is 5.10 Å². The number of H-pyrrole nitrogens is 2. The van der Waals surface area contributed by atoms with E-state index in [4.69, 9.17) is 0 Å². The van der Waals surface area contributed by atoms with Crippen molar-refractivity contribution in [3.63, 3.8) is 0 Å². The molecular weight excluding hydrogens is 340 g/mol. The van der Waals surface area contributed by atoms with Gasteiger partial charge in [0.25, 0.3) is 0 Å². The van der Waals surface area contributed by atoms with Gasteiger partial charge in [-0.1, -0.05) is 0 Å². The van der Waals surface area contributed by atoms with Crippen LogP contribution < -0.4 is 5.32 Å². The highest BCUT2D eigenvalue weighted by Crippen LogP contribution is 2.34. The maximum atomic E-state index is 11.7. The van der Waals surface area contributed by atoms with E-state index in [0.29, 0.717) is 13.1 Å². The number of fused-ring (bicyclic) bond motifs is 1. The molecule has 3 aromatic heterocycles. The molecule has 4 heterocycles. The molecule has 1 saturated heterocycles. The van der Waals surface area contributed by atoms with Crippen molar-refractivity contribution in [1.29, 1.82) is 0 Å². The van der Waals surface area contributed by atoms with Crippen molar-refractivity contribution in [3.05, 3.63) is 30.9 Å². The van der Waals surface area contributed by atoms with Gasteiger partial charge in [0, 0.05) is 54.2 Å². The van der Waals surface area contributed by atoms with Gasteiger partial charge in [0.2, 0.25) is 10.0 Å². The van der Waals surface area contributed by atoms with Crippen LogP contribution in [0.25, 0.3) is 22.2 Å². The monoisotopic (exact) mass is 360 g/mol. The molecule has 1 fully saturated rings. The number of hydrogen-bond acceptors (Lipinski definition) is 5. The van der Waals surface area contributed by atoms with E-state index in [1.54, 1.807) is 10.5 Å². The first-order chi connectivity index (χ1) is 12.0. The number of aromatic nitrogens is 4. The van der Waals surface area contributed by atoms with Gasteiger partial charge >= 0.3 is 0 Å².